The highest BCUT2D eigenvalue weighted by molar-refractivity contribution is 6.30. The molecular weight excluding hydrogens is 354 g/mol. The van der Waals surface area contributed by atoms with Gasteiger partial charge in [-0.2, -0.15) is 5.10 Å². The number of nitrogens with one attached hydrogen (secondary N) is 1. The summed E-state index contributed by atoms with van der Waals surface area (Å²) in [6.45, 7) is 0.307. The second-order valence-corrected chi connectivity index (χ2v) is 6.00. The molecule has 0 aliphatic heterocycles. The summed E-state index contributed by atoms with van der Waals surface area (Å²) < 4.78 is 6.74. The monoisotopic (exact) mass is 371 g/mol. The fourth-order valence-corrected chi connectivity index (χ4v) is 2.63. The summed E-state index contributed by atoms with van der Waals surface area (Å²) >= 11 is 6.02. The van der Waals surface area contributed by atoms with E-state index in [4.69, 9.17) is 16.3 Å². The van der Waals surface area contributed by atoms with Crippen molar-refractivity contribution >= 4 is 23.5 Å². The minimum absolute atomic E-state index is 0.107. The van der Waals surface area contributed by atoms with E-state index in [1.165, 1.54) is 4.68 Å². The molecule has 0 atom stereocenters. The van der Waals surface area contributed by atoms with Crippen LogP contribution in [0.3, 0.4) is 0 Å². The predicted molar refractivity (Wildman–Crippen MR) is 100 cm³/mol. The zero-order valence-electron chi connectivity index (χ0n) is 13.9. The van der Waals surface area contributed by atoms with Gasteiger partial charge < -0.3 is 9.84 Å². The van der Waals surface area contributed by atoms with E-state index in [-0.39, 0.29) is 19.8 Å². The Morgan fingerprint density at radius 3 is 2.69 bits per heavy atom. The van der Waals surface area contributed by atoms with Gasteiger partial charge in [0, 0.05) is 16.7 Å². The highest BCUT2D eigenvalue weighted by Crippen LogP contribution is 2.24. The van der Waals surface area contributed by atoms with Crippen LogP contribution in [0.15, 0.2) is 60.7 Å². The van der Waals surface area contributed by atoms with Crippen molar-refractivity contribution in [1.29, 1.82) is 0 Å². The molecule has 0 saturated heterocycles. The van der Waals surface area contributed by atoms with Gasteiger partial charge in [0.05, 0.1) is 18.8 Å². The Morgan fingerprint density at radius 2 is 1.96 bits per heavy atom. The molecular formula is C19H18ClN3O3. The third-order valence-corrected chi connectivity index (χ3v) is 3.89. The average Bonchev–Trinajstić information content (AvgIpc) is 3.04. The number of carbonyl (C=O) groups excluding carboxylic acids is 1. The number of benzene rings is 2. The minimum Gasteiger partial charge on any atom is -0.444 e. The molecule has 0 spiro atoms. The van der Waals surface area contributed by atoms with E-state index in [1.807, 2.05) is 42.5 Å². The number of carbonyl (C=O) groups is 1. The Bertz CT molecular complexity index is 881. The van der Waals surface area contributed by atoms with E-state index >= 15 is 0 Å². The van der Waals surface area contributed by atoms with Gasteiger partial charge in [0.1, 0.15) is 12.4 Å². The van der Waals surface area contributed by atoms with Gasteiger partial charge in [-0.25, -0.2) is 9.48 Å². The molecule has 134 valence electrons. The molecule has 0 saturated carbocycles. The molecule has 1 heterocycles. The molecule has 3 rings (SSSR count). The minimum atomic E-state index is -0.592. The maximum Gasteiger partial charge on any atom is 0.413 e. The molecule has 0 aliphatic carbocycles. The molecule has 1 amide bonds. The molecule has 7 heteroatoms. The van der Waals surface area contributed by atoms with Crippen molar-refractivity contribution in [3.05, 3.63) is 71.2 Å². The van der Waals surface area contributed by atoms with E-state index < -0.39 is 6.09 Å². The fraction of sp³-hybridized carbons (Fsp3) is 0.158. The number of anilines is 1. The van der Waals surface area contributed by atoms with Crippen LogP contribution in [0.1, 0.15) is 5.56 Å². The van der Waals surface area contributed by atoms with Gasteiger partial charge in [-0.1, -0.05) is 54.1 Å². The lowest BCUT2D eigenvalue weighted by Gasteiger charge is -2.08. The van der Waals surface area contributed by atoms with Crippen LogP contribution < -0.4 is 5.32 Å². The van der Waals surface area contributed by atoms with Crippen LogP contribution in [-0.2, 0) is 17.9 Å². The topological polar surface area (TPSA) is 76.4 Å². The molecule has 0 aliphatic rings. The number of amides is 1. The Hall–Kier alpha value is -2.83. The second-order valence-electron chi connectivity index (χ2n) is 5.56. The average molecular weight is 372 g/mol. The summed E-state index contributed by atoms with van der Waals surface area (Å²) in [5, 5.41) is 16.9. The van der Waals surface area contributed by atoms with Crippen molar-refractivity contribution in [3.63, 3.8) is 0 Å². The van der Waals surface area contributed by atoms with Crippen molar-refractivity contribution in [3.8, 4) is 11.3 Å². The third kappa shape index (κ3) is 4.62. The first-order chi connectivity index (χ1) is 12.7. The van der Waals surface area contributed by atoms with Crippen molar-refractivity contribution in [1.82, 2.24) is 9.78 Å². The second kappa shape index (κ2) is 8.51. The number of aromatic nitrogens is 2. The largest absolute Gasteiger partial charge is 0.444 e. The highest BCUT2D eigenvalue weighted by atomic mass is 35.5. The lowest BCUT2D eigenvalue weighted by atomic mass is 10.1. The van der Waals surface area contributed by atoms with E-state index in [0.29, 0.717) is 16.5 Å². The van der Waals surface area contributed by atoms with E-state index in [9.17, 15) is 9.90 Å². The number of rotatable bonds is 6. The van der Waals surface area contributed by atoms with Crippen LogP contribution in [0, 0.1) is 0 Å². The predicted octanol–water partition coefficient (Wildman–Crippen LogP) is 3.94. The summed E-state index contributed by atoms with van der Waals surface area (Å²) in [5.41, 5.74) is 2.35. The molecule has 0 bridgehead atoms. The molecule has 2 N–H and O–H groups in total. The van der Waals surface area contributed by atoms with Gasteiger partial charge in [0.15, 0.2) is 0 Å². The summed E-state index contributed by atoms with van der Waals surface area (Å²) in [7, 11) is 0. The highest BCUT2D eigenvalue weighted by Gasteiger charge is 2.13. The van der Waals surface area contributed by atoms with Crippen molar-refractivity contribution in [2.45, 2.75) is 13.2 Å². The maximum absolute atomic E-state index is 12.1. The molecule has 0 radical (unpaired) electrons. The summed E-state index contributed by atoms with van der Waals surface area (Å²) in [4.78, 5) is 12.1. The number of aliphatic hydroxyl groups excluding tert-OH is 1. The summed E-state index contributed by atoms with van der Waals surface area (Å²) in [6, 6.07) is 18.4. The Labute approximate surface area is 156 Å². The Morgan fingerprint density at radius 1 is 1.15 bits per heavy atom. The SMILES string of the molecule is O=C(Nc1cc(-c2cccc(Cl)c2)nn1CCO)OCc1ccccc1. The molecule has 3 aromatic rings. The molecule has 6 nitrogen and oxygen atoms in total. The van der Waals surface area contributed by atoms with E-state index in [1.54, 1.807) is 18.2 Å². The van der Waals surface area contributed by atoms with Crippen LogP contribution in [0.4, 0.5) is 10.6 Å². The van der Waals surface area contributed by atoms with Crippen molar-refractivity contribution < 1.29 is 14.6 Å². The van der Waals surface area contributed by atoms with Crippen LogP contribution in [0.2, 0.25) is 5.02 Å². The van der Waals surface area contributed by atoms with Crippen LogP contribution in [0.25, 0.3) is 11.3 Å². The molecule has 2 aromatic carbocycles. The molecule has 0 fully saturated rings. The van der Waals surface area contributed by atoms with Gasteiger partial charge in [-0.3, -0.25) is 5.32 Å². The summed E-state index contributed by atoms with van der Waals surface area (Å²) in [6.07, 6.45) is -0.592. The molecule has 1 aromatic heterocycles. The first-order valence-electron chi connectivity index (χ1n) is 8.08. The van der Waals surface area contributed by atoms with Gasteiger partial charge in [-0.05, 0) is 17.7 Å². The van der Waals surface area contributed by atoms with Crippen molar-refractivity contribution in [2.75, 3.05) is 11.9 Å². The van der Waals surface area contributed by atoms with Crippen LogP contribution >= 0.6 is 11.6 Å². The van der Waals surface area contributed by atoms with Gasteiger partial charge in [0.2, 0.25) is 0 Å². The number of aliphatic hydroxyl groups is 1. The molecule has 26 heavy (non-hydrogen) atoms. The zero-order chi connectivity index (χ0) is 18.4. The van der Waals surface area contributed by atoms with Crippen LogP contribution in [0.5, 0.6) is 0 Å². The number of halogens is 1. The fourth-order valence-electron chi connectivity index (χ4n) is 2.44. The normalized spacial score (nSPS) is 10.5. The summed E-state index contributed by atoms with van der Waals surface area (Å²) in [5.74, 6) is 0.437. The number of hydrogen-bond donors (Lipinski definition) is 2. The van der Waals surface area contributed by atoms with Gasteiger partial charge >= 0.3 is 6.09 Å². The zero-order valence-corrected chi connectivity index (χ0v) is 14.7. The lowest BCUT2D eigenvalue weighted by molar-refractivity contribution is 0.154. The molecule has 0 unspecified atom stereocenters. The maximum atomic E-state index is 12.1. The smallest absolute Gasteiger partial charge is 0.413 e. The quantitative estimate of drug-likeness (QED) is 0.688. The number of nitrogens with zero attached hydrogens (tertiary/aromatic N) is 2. The van der Waals surface area contributed by atoms with Crippen molar-refractivity contribution in [2.24, 2.45) is 0 Å². The number of ether oxygens (including phenoxy) is 1. The third-order valence-electron chi connectivity index (χ3n) is 3.66. The lowest BCUT2D eigenvalue weighted by Crippen LogP contribution is -2.17. The first-order valence-corrected chi connectivity index (χ1v) is 8.46. The van der Waals surface area contributed by atoms with E-state index in [0.717, 1.165) is 11.1 Å². The van der Waals surface area contributed by atoms with Gasteiger partial charge in [0.25, 0.3) is 0 Å². The Balaban J connectivity index is 1.72. The number of hydrogen-bond acceptors (Lipinski definition) is 4. The van der Waals surface area contributed by atoms with E-state index in [2.05, 4.69) is 10.4 Å². The van der Waals surface area contributed by atoms with Crippen LogP contribution in [-0.4, -0.2) is 27.6 Å². The van der Waals surface area contributed by atoms with Gasteiger partial charge in [-0.15, -0.1) is 0 Å². The standard InChI is InChI=1S/C19H18ClN3O3/c20-16-8-4-7-15(11-16)17-12-18(23(22-17)9-10-24)21-19(25)26-13-14-5-2-1-3-6-14/h1-8,11-12,24H,9-10,13H2,(H,21,25). The Kier molecular flexibility index (Phi) is 5.88. The first kappa shape index (κ1) is 18.0.